The minimum atomic E-state index is -3.67. The van der Waals surface area contributed by atoms with Gasteiger partial charge in [0.05, 0.1) is 4.90 Å². The van der Waals surface area contributed by atoms with Crippen molar-refractivity contribution in [1.29, 1.82) is 0 Å². The molecule has 2 aliphatic rings. The van der Waals surface area contributed by atoms with Gasteiger partial charge in [-0.25, -0.2) is 13.2 Å². The number of sulfonamides is 1. The summed E-state index contributed by atoms with van der Waals surface area (Å²) in [5.74, 6) is -0.517. The number of fused-ring (bicyclic) bond motifs is 1. The molecular weight excluding hydrogens is 382 g/mol. The Kier molecular flexibility index (Phi) is 6.02. The van der Waals surface area contributed by atoms with Gasteiger partial charge in [-0.1, -0.05) is 31.9 Å². The second-order valence-electron chi connectivity index (χ2n) is 7.30. The molecule has 0 bridgehead atoms. The summed E-state index contributed by atoms with van der Waals surface area (Å²) >= 11 is 0. The van der Waals surface area contributed by atoms with E-state index in [1.165, 1.54) is 19.4 Å². The monoisotopic (exact) mass is 407 g/mol. The normalized spacial score (nSPS) is 25.4. The third kappa shape index (κ3) is 4.52. The van der Waals surface area contributed by atoms with Crippen molar-refractivity contribution in [3.05, 3.63) is 29.8 Å². The topological polar surface area (TPSA) is 114 Å². The summed E-state index contributed by atoms with van der Waals surface area (Å²) in [6.07, 6.45) is 4.27. The number of carbonyl (C=O) groups excluding carboxylic acids is 2. The van der Waals surface area contributed by atoms with Crippen LogP contribution in [0.2, 0.25) is 0 Å². The van der Waals surface area contributed by atoms with Crippen molar-refractivity contribution in [1.82, 2.24) is 10.0 Å². The molecule has 1 fully saturated rings. The predicted octanol–water partition coefficient (Wildman–Crippen LogP) is 1.35. The van der Waals surface area contributed by atoms with E-state index in [1.807, 2.05) is 0 Å². The number of nitrogens with one attached hydrogen (secondary N) is 2. The smallest absolute Gasteiger partial charge is 0.331 e. The van der Waals surface area contributed by atoms with Crippen LogP contribution in [0.1, 0.15) is 45.1 Å². The Morgan fingerprint density at radius 3 is 2.75 bits per heavy atom. The lowest BCUT2D eigenvalue weighted by atomic mass is 9.86. The van der Waals surface area contributed by atoms with Crippen LogP contribution < -0.4 is 10.0 Å². The second kappa shape index (κ2) is 8.30. The maximum absolute atomic E-state index is 12.2. The van der Waals surface area contributed by atoms with Gasteiger partial charge in [-0.2, -0.15) is 0 Å². The molecule has 28 heavy (non-hydrogen) atoms. The Hall–Kier alpha value is -2.42. The van der Waals surface area contributed by atoms with Crippen LogP contribution in [0.3, 0.4) is 0 Å². The fourth-order valence-corrected chi connectivity index (χ4v) is 4.75. The van der Waals surface area contributed by atoms with Crippen LogP contribution >= 0.6 is 0 Å². The van der Waals surface area contributed by atoms with Crippen molar-refractivity contribution in [3.8, 4) is 0 Å². The molecule has 0 spiro atoms. The fourth-order valence-electron chi connectivity index (χ4n) is 3.51. The van der Waals surface area contributed by atoms with Gasteiger partial charge in [0.25, 0.3) is 15.9 Å². The highest BCUT2D eigenvalue weighted by molar-refractivity contribution is 7.90. The molecule has 1 aromatic carbocycles. The first-order chi connectivity index (χ1) is 13.3. The van der Waals surface area contributed by atoms with Crippen LogP contribution in [0.4, 0.5) is 0 Å². The quantitative estimate of drug-likeness (QED) is 0.715. The van der Waals surface area contributed by atoms with E-state index in [0.29, 0.717) is 11.5 Å². The molecule has 1 aromatic rings. The Balaban J connectivity index is 1.57. The van der Waals surface area contributed by atoms with E-state index in [-0.39, 0.29) is 29.3 Å². The molecule has 1 heterocycles. The van der Waals surface area contributed by atoms with Gasteiger partial charge in [0, 0.05) is 11.6 Å². The van der Waals surface area contributed by atoms with Gasteiger partial charge < -0.3 is 10.1 Å². The van der Waals surface area contributed by atoms with Gasteiger partial charge in [0.15, 0.2) is 6.61 Å². The minimum Gasteiger partial charge on any atom is -0.454 e. The molecule has 9 heteroatoms. The summed E-state index contributed by atoms with van der Waals surface area (Å²) in [6.45, 7) is 3.22. The van der Waals surface area contributed by atoms with Gasteiger partial charge in [0.1, 0.15) is 11.9 Å². The molecule has 0 radical (unpaired) electrons. The molecule has 1 aliphatic carbocycles. The summed E-state index contributed by atoms with van der Waals surface area (Å²) < 4.78 is 31.6. The highest BCUT2D eigenvalue weighted by Crippen LogP contribution is 2.24. The molecule has 1 saturated carbocycles. The van der Waals surface area contributed by atoms with E-state index in [0.717, 1.165) is 19.3 Å². The first-order valence-electron chi connectivity index (χ1n) is 9.44. The van der Waals surface area contributed by atoms with Crippen LogP contribution in [0.15, 0.2) is 34.2 Å². The van der Waals surface area contributed by atoms with Crippen LogP contribution in [-0.4, -0.2) is 44.8 Å². The second-order valence-corrected chi connectivity index (χ2v) is 8.95. The number of benzene rings is 1. The number of amides is 1. The maximum atomic E-state index is 12.2. The number of amidine groups is 1. The lowest BCUT2D eigenvalue weighted by Gasteiger charge is -2.29. The lowest BCUT2D eigenvalue weighted by Crippen LogP contribution is -2.43. The number of nitrogens with zero attached hydrogens (tertiary/aromatic N) is 1. The summed E-state index contributed by atoms with van der Waals surface area (Å²) in [5.41, 5.74) is 0.408. The SMILES string of the molecule is C[C@H](N=C1NS(=O)(=O)c2ccccc21)C(=O)OCC(=O)N[C@H]1CCCC[C@H]1C. The molecule has 3 atom stereocenters. The van der Waals surface area contributed by atoms with Crippen molar-refractivity contribution in [2.24, 2.45) is 10.9 Å². The summed E-state index contributed by atoms with van der Waals surface area (Å²) in [6, 6.07) is 5.55. The highest BCUT2D eigenvalue weighted by Gasteiger charge is 2.31. The van der Waals surface area contributed by atoms with Crippen molar-refractivity contribution >= 4 is 27.7 Å². The van der Waals surface area contributed by atoms with Crippen molar-refractivity contribution < 1.29 is 22.7 Å². The van der Waals surface area contributed by atoms with Gasteiger partial charge in [-0.15, -0.1) is 0 Å². The van der Waals surface area contributed by atoms with Gasteiger partial charge in [0.2, 0.25) is 0 Å². The number of ether oxygens (including phenoxy) is 1. The van der Waals surface area contributed by atoms with Crippen molar-refractivity contribution in [2.45, 2.75) is 56.5 Å². The largest absolute Gasteiger partial charge is 0.454 e. The summed E-state index contributed by atoms with van der Waals surface area (Å²) in [4.78, 5) is 28.5. The van der Waals surface area contributed by atoms with E-state index in [9.17, 15) is 18.0 Å². The summed E-state index contributed by atoms with van der Waals surface area (Å²) in [5, 5.41) is 2.92. The first-order valence-corrected chi connectivity index (χ1v) is 10.9. The molecule has 1 aliphatic heterocycles. The minimum absolute atomic E-state index is 0.0977. The maximum Gasteiger partial charge on any atom is 0.331 e. The predicted molar refractivity (Wildman–Crippen MR) is 103 cm³/mol. The number of aliphatic imine (C=N–C) groups is 1. The molecular formula is C19H25N3O5S. The summed E-state index contributed by atoms with van der Waals surface area (Å²) in [7, 11) is -3.67. The standard InChI is InChI=1S/C19H25N3O5S/c1-12-7-3-5-9-15(12)21-17(23)11-27-19(24)13(2)20-18-14-8-4-6-10-16(14)28(25,26)22-18/h4,6,8,10,12-13,15H,3,5,7,9,11H2,1-2H3,(H,20,22)(H,21,23)/t12-,13+,15+/m1/s1. The number of hydrogen-bond donors (Lipinski definition) is 2. The Labute approximate surface area is 164 Å². The Morgan fingerprint density at radius 2 is 2.00 bits per heavy atom. The molecule has 8 nitrogen and oxygen atoms in total. The van der Waals surface area contributed by atoms with E-state index < -0.39 is 22.0 Å². The number of rotatable bonds is 5. The van der Waals surface area contributed by atoms with E-state index in [1.54, 1.807) is 18.2 Å². The van der Waals surface area contributed by atoms with Gasteiger partial charge >= 0.3 is 5.97 Å². The third-order valence-corrected chi connectivity index (χ3v) is 6.53. The number of esters is 1. The Morgan fingerprint density at radius 1 is 1.29 bits per heavy atom. The molecule has 1 amide bonds. The van der Waals surface area contributed by atoms with Crippen molar-refractivity contribution in [3.63, 3.8) is 0 Å². The molecule has 152 valence electrons. The average molecular weight is 407 g/mol. The van der Waals surface area contributed by atoms with Crippen LogP contribution in [-0.2, 0) is 24.3 Å². The number of hydrogen-bond acceptors (Lipinski definition) is 6. The van der Waals surface area contributed by atoms with Crippen LogP contribution in [0, 0.1) is 5.92 Å². The lowest BCUT2D eigenvalue weighted by molar-refractivity contribution is -0.149. The Bertz CT molecular complexity index is 897. The van der Waals surface area contributed by atoms with Gasteiger partial charge in [-0.05, 0) is 37.8 Å². The average Bonchev–Trinajstić information content (AvgIpc) is 2.92. The zero-order chi connectivity index (χ0) is 20.3. The molecule has 0 aromatic heterocycles. The van der Waals surface area contributed by atoms with Crippen LogP contribution in [0.5, 0.6) is 0 Å². The van der Waals surface area contributed by atoms with E-state index in [4.69, 9.17) is 4.74 Å². The van der Waals surface area contributed by atoms with Crippen molar-refractivity contribution in [2.75, 3.05) is 6.61 Å². The van der Waals surface area contributed by atoms with E-state index >= 15 is 0 Å². The van der Waals surface area contributed by atoms with E-state index in [2.05, 4.69) is 22.0 Å². The third-order valence-electron chi connectivity index (χ3n) is 5.13. The van der Waals surface area contributed by atoms with Gasteiger partial charge in [-0.3, -0.25) is 14.5 Å². The molecule has 0 unspecified atom stereocenters. The molecule has 3 rings (SSSR count). The number of carbonyl (C=O) groups is 2. The molecule has 0 saturated heterocycles. The zero-order valence-corrected chi connectivity index (χ0v) is 16.8. The fraction of sp³-hybridized carbons (Fsp3) is 0.526. The first kappa shape index (κ1) is 20.3. The zero-order valence-electron chi connectivity index (χ0n) is 16.0. The van der Waals surface area contributed by atoms with Crippen LogP contribution in [0.25, 0.3) is 0 Å². The molecule has 2 N–H and O–H groups in total. The highest BCUT2D eigenvalue weighted by atomic mass is 32.2.